The largest absolute Gasteiger partial charge is 0.497 e. The SMILES string of the molecule is COc1ccc(OC)c(Nc2nc(C)cc(NC(C)C)n2)c1. The van der Waals surface area contributed by atoms with Crippen LogP contribution in [-0.4, -0.2) is 30.2 Å². The molecule has 1 heterocycles. The summed E-state index contributed by atoms with van der Waals surface area (Å²) in [5.74, 6) is 2.72. The maximum Gasteiger partial charge on any atom is 0.229 e. The van der Waals surface area contributed by atoms with Gasteiger partial charge in [-0.3, -0.25) is 0 Å². The number of rotatable bonds is 6. The molecule has 0 aliphatic rings. The number of ether oxygens (including phenoxy) is 2. The monoisotopic (exact) mass is 302 g/mol. The normalized spacial score (nSPS) is 10.5. The smallest absolute Gasteiger partial charge is 0.229 e. The highest BCUT2D eigenvalue weighted by Gasteiger charge is 2.09. The van der Waals surface area contributed by atoms with Gasteiger partial charge in [0.15, 0.2) is 0 Å². The first-order valence-corrected chi connectivity index (χ1v) is 7.13. The number of anilines is 3. The Labute approximate surface area is 130 Å². The molecule has 0 atom stereocenters. The van der Waals surface area contributed by atoms with Crippen LogP contribution in [0.25, 0.3) is 0 Å². The van der Waals surface area contributed by atoms with E-state index in [4.69, 9.17) is 9.47 Å². The second kappa shape index (κ2) is 6.98. The second-order valence-corrected chi connectivity index (χ2v) is 5.21. The molecule has 0 unspecified atom stereocenters. The third-order valence-electron chi connectivity index (χ3n) is 2.94. The van der Waals surface area contributed by atoms with Gasteiger partial charge >= 0.3 is 0 Å². The zero-order chi connectivity index (χ0) is 16.1. The number of methoxy groups -OCH3 is 2. The minimum absolute atomic E-state index is 0.300. The predicted molar refractivity (Wildman–Crippen MR) is 88.4 cm³/mol. The molecule has 0 bridgehead atoms. The van der Waals surface area contributed by atoms with Crippen LogP contribution in [0.2, 0.25) is 0 Å². The molecule has 0 fully saturated rings. The van der Waals surface area contributed by atoms with Gasteiger partial charge in [-0.25, -0.2) is 4.98 Å². The molecule has 0 saturated heterocycles. The van der Waals surface area contributed by atoms with Crippen molar-refractivity contribution in [3.05, 3.63) is 30.0 Å². The van der Waals surface area contributed by atoms with E-state index in [0.717, 1.165) is 22.9 Å². The van der Waals surface area contributed by atoms with E-state index in [9.17, 15) is 0 Å². The Bertz CT molecular complexity index is 644. The van der Waals surface area contributed by atoms with Crippen LogP contribution in [0.5, 0.6) is 11.5 Å². The zero-order valence-corrected chi connectivity index (χ0v) is 13.6. The van der Waals surface area contributed by atoms with Crippen LogP contribution in [0, 0.1) is 6.92 Å². The van der Waals surface area contributed by atoms with E-state index in [1.165, 1.54) is 0 Å². The van der Waals surface area contributed by atoms with Crippen molar-refractivity contribution in [1.29, 1.82) is 0 Å². The third-order valence-corrected chi connectivity index (χ3v) is 2.94. The van der Waals surface area contributed by atoms with Crippen molar-refractivity contribution in [2.45, 2.75) is 26.8 Å². The zero-order valence-electron chi connectivity index (χ0n) is 13.6. The van der Waals surface area contributed by atoms with E-state index in [2.05, 4.69) is 34.4 Å². The summed E-state index contributed by atoms with van der Waals surface area (Å²) in [5, 5.41) is 6.46. The van der Waals surface area contributed by atoms with E-state index >= 15 is 0 Å². The number of hydrogen-bond donors (Lipinski definition) is 2. The Morgan fingerprint density at radius 3 is 2.45 bits per heavy atom. The molecule has 0 aliphatic carbocycles. The first-order valence-electron chi connectivity index (χ1n) is 7.13. The van der Waals surface area contributed by atoms with Gasteiger partial charge in [0.05, 0.1) is 19.9 Å². The lowest BCUT2D eigenvalue weighted by molar-refractivity contribution is 0.405. The molecule has 0 spiro atoms. The fraction of sp³-hybridized carbons (Fsp3) is 0.375. The molecule has 2 N–H and O–H groups in total. The lowest BCUT2D eigenvalue weighted by Gasteiger charge is -2.14. The lowest BCUT2D eigenvalue weighted by atomic mass is 10.2. The molecule has 1 aromatic heterocycles. The maximum atomic E-state index is 5.35. The summed E-state index contributed by atoms with van der Waals surface area (Å²) < 4.78 is 10.6. The van der Waals surface area contributed by atoms with Crippen LogP contribution in [0.15, 0.2) is 24.3 Å². The van der Waals surface area contributed by atoms with Gasteiger partial charge in [-0.05, 0) is 32.9 Å². The van der Waals surface area contributed by atoms with Gasteiger partial charge in [0, 0.05) is 23.9 Å². The number of nitrogens with zero attached hydrogens (tertiary/aromatic N) is 2. The average molecular weight is 302 g/mol. The van der Waals surface area contributed by atoms with Crippen LogP contribution in [0.4, 0.5) is 17.5 Å². The van der Waals surface area contributed by atoms with Gasteiger partial charge in [-0.2, -0.15) is 4.98 Å². The summed E-state index contributed by atoms with van der Waals surface area (Å²) in [6.45, 7) is 6.06. The molecule has 118 valence electrons. The molecule has 2 rings (SSSR count). The molecular formula is C16H22N4O2. The van der Waals surface area contributed by atoms with Gasteiger partial charge in [0.25, 0.3) is 0 Å². The Balaban J connectivity index is 2.32. The number of benzene rings is 1. The van der Waals surface area contributed by atoms with Crippen molar-refractivity contribution in [1.82, 2.24) is 9.97 Å². The number of aromatic nitrogens is 2. The Hall–Kier alpha value is -2.50. The van der Waals surface area contributed by atoms with E-state index in [1.54, 1.807) is 14.2 Å². The molecule has 6 heteroatoms. The maximum absolute atomic E-state index is 5.35. The highest BCUT2D eigenvalue weighted by molar-refractivity contribution is 5.65. The van der Waals surface area contributed by atoms with Gasteiger partial charge < -0.3 is 20.1 Å². The summed E-state index contributed by atoms with van der Waals surface area (Å²) in [6, 6.07) is 7.74. The van der Waals surface area contributed by atoms with E-state index in [0.29, 0.717) is 17.7 Å². The fourth-order valence-corrected chi connectivity index (χ4v) is 2.03. The summed E-state index contributed by atoms with van der Waals surface area (Å²) in [4.78, 5) is 8.88. The van der Waals surface area contributed by atoms with Crippen molar-refractivity contribution in [2.75, 3.05) is 24.9 Å². The summed E-state index contributed by atoms with van der Waals surface area (Å²) in [7, 11) is 3.25. The van der Waals surface area contributed by atoms with Crippen LogP contribution in [0.1, 0.15) is 19.5 Å². The Kier molecular flexibility index (Phi) is 5.04. The quantitative estimate of drug-likeness (QED) is 0.852. The molecule has 2 aromatic rings. The molecular weight excluding hydrogens is 280 g/mol. The van der Waals surface area contributed by atoms with Crippen molar-refractivity contribution < 1.29 is 9.47 Å². The molecule has 1 aromatic carbocycles. The molecule has 22 heavy (non-hydrogen) atoms. The topological polar surface area (TPSA) is 68.3 Å². The number of hydrogen-bond acceptors (Lipinski definition) is 6. The minimum Gasteiger partial charge on any atom is -0.497 e. The van der Waals surface area contributed by atoms with Crippen LogP contribution >= 0.6 is 0 Å². The first kappa shape index (κ1) is 15.9. The standard InChI is InChI=1S/C16H22N4O2/c1-10(2)17-15-8-11(3)18-16(20-15)19-13-9-12(21-4)6-7-14(13)22-5/h6-10H,1-5H3,(H2,17,18,19,20). The lowest BCUT2D eigenvalue weighted by Crippen LogP contribution is -2.12. The molecule has 0 amide bonds. The van der Waals surface area contributed by atoms with Gasteiger partial charge in [-0.15, -0.1) is 0 Å². The molecule has 6 nitrogen and oxygen atoms in total. The van der Waals surface area contributed by atoms with Crippen LogP contribution in [0.3, 0.4) is 0 Å². The molecule has 0 aliphatic heterocycles. The second-order valence-electron chi connectivity index (χ2n) is 5.21. The predicted octanol–water partition coefficient (Wildman–Crippen LogP) is 3.37. The van der Waals surface area contributed by atoms with E-state index in [1.807, 2.05) is 31.2 Å². The number of nitrogens with one attached hydrogen (secondary N) is 2. The fourth-order valence-electron chi connectivity index (χ4n) is 2.03. The van der Waals surface area contributed by atoms with Crippen molar-refractivity contribution in [3.8, 4) is 11.5 Å². The summed E-state index contributed by atoms with van der Waals surface area (Å²) in [5.41, 5.74) is 1.63. The average Bonchev–Trinajstić information content (AvgIpc) is 2.45. The van der Waals surface area contributed by atoms with Crippen LogP contribution in [-0.2, 0) is 0 Å². The van der Waals surface area contributed by atoms with E-state index in [-0.39, 0.29) is 0 Å². The van der Waals surface area contributed by atoms with Gasteiger partial charge in [0.1, 0.15) is 17.3 Å². The van der Waals surface area contributed by atoms with Gasteiger partial charge in [0.2, 0.25) is 5.95 Å². The highest BCUT2D eigenvalue weighted by Crippen LogP contribution is 2.30. The van der Waals surface area contributed by atoms with E-state index < -0.39 is 0 Å². The van der Waals surface area contributed by atoms with Crippen molar-refractivity contribution in [3.63, 3.8) is 0 Å². The van der Waals surface area contributed by atoms with Crippen molar-refractivity contribution in [2.24, 2.45) is 0 Å². The number of aryl methyl sites for hydroxylation is 1. The highest BCUT2D eigenvalue weighted by atomic mass is 16.5. The van der Waals surface area contributed by atoms with Crippen molar-refractivity contribution >= 4 is 17.5 Å². The summed E-state index contributed by atoms with van der Waals surface area (Å²) >= 11 is 0. The summed E-state index contributed by atoms with van der Waals surface area (Å²) in [6.07, 6.45) is 0. The van der Waals surface area contributed by atoms with Crippen LogP contribution < -0.4 is 20.1 Å². The minimum atomic E-state index is 0.300. The molecule has 0 radical (unpaired) electrons. The third kappa shape index (κ3) is 4.00. The van der Waals surface area contributed by atoms with Gasteiger partial charge in [-0.1, -0.05) is 0 Å². The first-order chi connectivity index (χ1) is 10.5. The Morgan fingerprint density at radius 1 is 1.05 bits per heavy atom. The Morgan fingerprint density at radius 2 is 1.82 bits per heavy atom. The molecule has 0 saturated carbocycles.